The number of sulfonamides is 1. The molecule has 248 valence electrons. The number of methoxy groups -OCH3 is 1. The molecule has 3 N–H and O–H groups in total. The summed E-state index contributed by atoms with van der Waals surface area (Å²) in [6.07, 6.45) is -0.695. The lowest BCUT2D eigenvalue weighted by molar-refractivity contribution is -0.134. The number of carbonyl (C=O) groups excluding carboxylic acids is 2. The van der Waals surface area contributed by atoms with Gasteiger partial charge in [0.1, 0.15) is 17.6 Å². The first kappa shape index (κ1) is 33.7. The molecule has 4 aromatic carbocycles. The fourth-order valence-corrected chi connectivity index (χ4v) is 6.81. The fraction of sp³-hybridized carbons (Fsp3) is 0.314. The smallest absolute Gasteiger partial charge is 0.323 e. The van der Waals surface area contributed by atoms with E-state index in [4.69, 9.17) is 9.47 Å². The van der Waals surface area contributed by atoms with Crippen molar-refractivity contribution in [2.24, 2.45) is 5.92 Å². The van der Waals surface area contributed by atoms with E-state index in [9.17, 15) is 23.1 Å². The van der Waals surface area contributed by atoms with E-state index in [1.807, 2.05) is 49.4 Å². The molecule has 0 saturated heterocycles. The van der Waals surface area contributed by atoms with Crippen LogP contribution in [0.3, 0.4) is 0 Å². The fourth-order valence-electron chi connectivity index (χ4n) is 5.62. The minimum absolute atomic E-state index is 0.00204. The first-order valence-corrected chi connectivity index (χ1v) is 16.8. The summed E-state index contributed by atoms with van der Waals surface area (Å²) in [4.78, 5) is 28.4. The number of nitrogens with zero attached hydrogens (tertiary/aromatic N) is 2. The molecule has 0 aliphatic carbocycles. The molecule has 11 nitrogen and oxygen atoms in total. The van der Waals surface area contributed by atoms with Gasteiger partial charge < -0.3 is 30.1 Å². The van der Waals surface area contributed by atoms with E-state index in [2.05, 4.69) is 10.6 Å². The molecule has 3 atom stereocenters. The van der Waals surface area contributed by atoms with E-state index >= 15 is 0 Å². The van der Waals surface area contributed by atoms with Gasteiger partial charge in [0.05, 0.1) is 43.3 Å². The molecular weight excluding hydrogens is 620 g/mol. The van der Waals surface area contributed by atoms with Crippen molar-refractivity contribution in [1.82, 2.24) is 9.21 Å². The third-order valence-electron chi connectivity index (χ3n) is 8.42. The van der Waals surface area contributed by atoms with Crippen LogP contribution in [0.15, 0.2) is 89.8 Å². The molecule has 4 aromatic rings. The molecule has 47 heavy (non-hydrogen) atoms. The number of anilines is 2. The number of urea groups is 1. The number of carbonyl (C=O) groups is 2. The molecular formula is C35H40N4O7S. The number of ether oxygens (including phenoxy) is 2. The standard InChI is InChI=1S/C35H40N4O7S/c1-23-20-39(24(2)22-40)34(41)19-26-18-27(36-35(42)37-31-11-7-9-25-8-5-6-10-30(25)31)12-17-32(26)46-33(23)21-38(3)47(43,44)29-15-13-28(45-4)14-16-29/h5-18,23-24,33,40H,19-22H2,1-4H3,(H2,36,37,42)/t23-,24+,33+/m1/s1. The Hall–Kier alpha value is -4.65. The van der Waals surface area contributed by atoms with Crippen LogP contribution in [-0.2, 0) is 21.2 Å². The van der Waals surface area contributed by atoms with Gasteiger partial charge in [-0.2, -0.15) is 4.31 Å². The number of fused-ring (bicyclic) bond motifs is 2. The van der Waals surface area contributed by atoms with E-state index < -0.39 is 28.2 Å². The Labute approximate surface area is 275 Å². The van der Waals surface area contributed by atoms with Gasteiger partial charge in [0.15, 0.2) is 0 Å². The van der Waals surface area contributed by atoms with Crippen molar-refractivity contribution in [3.63, 3.8) is 0 Å². The summed E-state index contributed by atoms with van der Waals surface area (Å²) >= 11 is 0. The van der Waals surface area contributed by atoms with Gasteiger partial charge >= 0.3 is 6.03 Å². The van der Waals surface area contributed by atoms with Gasteiger partial charge in [-0.25, -0.2) is 13.2 Å². The van der Waals surface area contributed by atoms with Crippen molar-refractivity contribution in [3.8, 4) is 11.5 Å². The van der Waals surface area contributed by atoms with Crippen LogP contribution in [0.5, 0.6) is 11.5 Å². The van der Waals surface area contributed by atoms with Crippen LogP contribution in [0.25, 0.3) is 10.8 Å². The number of aliphatic hydroxyl groups is 1. The Kier molecular flexibility index (Phi) is 10.3. The van der Waals surface area contributed by atoms with Gasteiger partial charge in [0, 0.05) is 36.1 Å². The first-order chi connectivity index (χ1) is 22.5. The first-order valence-electron chi connectivity index (χ1n) is 15.4. The normalized spacial score (nSPS) is 17.6. The second-order valence-corrected chi connectivity index (χ2v) is 13.8. The van der Waals surface area contributed by atoms with Gasteiger partial charge in [0.2, 0.25) is 15.9 Å². The molecule has 0 spiro atoms. The third-order valence-corrected chi connectivity index (χ3v) is 10.3. The molecule has 3 amide bonds. The average molecular weight is 661 g/mol. The Bertz CT molecular complexity index is 1840. The van der Waals surface area contributed by atoms with Crippen LogP contribution < -0.4 is 20.1 Å². The Balaban J connectivity index is 1.40. The van der Waals surface area contributed by atoms with Crippen LogP contribution in [0.2, 0.25) is 0 Å². The molecule has 0 bridgehead atoms. The molecule has 0 fully saturated rings. The van der Waals surface area contributed by atoms with E-state index in [1.54, 1.807) is 42.2 Å². The molecule has 0 radical (unpaired) electrons. The van der Waals surface area contributed by atoms with E-state index in [0.717, 1.165) is 10.8 Å². The van der Waals surface area contributed by atoms with Crippen LogP contribution >= 0.6 is 0 Å². The number of rotatable bonds is 9. The lowest BCUT2D eigenvalue weighted by atomic mass is 10.0. The van der Waals surface area contributed by atoms with Crippen LogP contribution in [-0.4, -0.2) is 80.7 Å². The topological polar surface area (TPSA) is 138 Å². The summed E-state index contributed by atoms with van der Waals surface area (Å²) in [6, 6.07) is 23.7. The lowest BCUT2D eigenvalue weighted by Crippen LogP contribution is -2.48. The highest BCUT2D eigenvalue weighted by Crippen LogP contribution is 2.30. The van der Waals surface area contributed by atoms with Gasteiger partial charge in [-0.05, 0) is 60.8 Å². The van der Waals surface area contributed by atoms with Crippen molar-refractivity contribution >= 4 is 44.1 Å². The molecule has 0 saturated carbocycles. The number of likely N-dealkylation sites (N-methyl/N-ethyl adjacent to an activating group) is 1. The molecule has 1 heterocycles. The summed E-state index contributed by atoms with van der Waals surface area (Å²) in [5, 5.41) is 17.6. The highest BCUT2D eigenvalue weighted by atomic mass is 32.2. The summed E-state index contributed by atoms with van der Waals surface area (Å²) < 4.78 is 39.9. The predicted molar refractivity (Wildman–Crippen MR) is 181 cm³/mol. The Morgan fingerprint density at radius 1 is 1.06 bits per heavy atom. The zero-order valence-electron chi connectivity index (χ0n) is 26.8. The van der Waals surface area contributed by atoms with E-state index in [0.29, 0.717) is 28.4 Å². The minimum Gasteiger partial charge on any atom is -0.497 e. The van der Waals surface area contributed by atoms with Crippen molar-refractivity contribution in [2.75, 3.05) is 44.5 Å². The van der Waals surface area contributed by atoms with E-state index in [-0.39, 0.29) is 42.8 Å². The minimum atomic E-state index is -3.88. The predicted octanol–water partition coefficient (Wildman–Crippen LogP) is 4.96. The second kappa shape index (κ2) is 14.4. The van der Waals surface area contributed by atoms with Gasteiger partial charge in [-0.15, -0.1) is 0 Å². The van der Waals surface area contributed by atoms with Crippen molar-refractivity contribution in [1.29, 1.82) is 0 Å². The molecule has 5 rings (SSSR count). The lowest BCUT2D eigenvalue weighted by Gasteiger charge is -2.33. The molecule has 1 aliphatic rings. The van der Waals surface area contributed by atoms with Crippen LogP contribution in [0, 0.1) is 5.92 Å². The molecule has 0 unspecified atom stereocenters. The number of benzene rings is 4. The second-order valence-electron chi connectivity index (χ2n) is 11.8. The molecule has 12 heteroatoms. The summed E-state index contributed by atoms with van der Waals surface area (Å²) in [7, 11) is -0.877. The van der Waals surface area contributed by atoms with Gasteiger partial charge in [0.25, 0.3) is 0 Å². The number of nitrogens with one attached hydrogen (secondary N) is 2. The van der Waals surface area contributed by atoms with Gasteiger partial charge in [-0.1, -0.05) is 43.3 Å². The largest absolute Gasteiger partial charge is 0.497 e. The molecule has 1 aliphatic heterocycles. The number of amides is 3. The summed E-state index contributed by atoms with van der Waals surface area (Å²) in [6.45, 7) is 3.65. The third kappa shape index (κ3) is 7.67. The summed E-state index contributed by atoms with van der Waals surface area (Å²) in [5.74, 6) is 0.417. The van der Waals surface area contributed by atoms with Crippen LogP contribution in [0.1, 0.15) is 19.4 Å². The number of hydrogen-bond donors (Lipinski definition) is 3. The van der Waals surface area contributed by atoms with Crippen molar-refractivity contribution in [3.05, 3.63) is 90.5 Å². The zero-order chi connectivity index (χ0) is 33.7. The Morgan fingerprint density at radius 3 is 2.51 bits per heavy atom. The number of aliphatic hydroxyl groups excluding tert-OH is 1. The maximum Gasteiger partial charge on any atom is 0.323 e. The summed E-state index contributed by atoms with van der Waals surface area (Å²) in [5.41, 5.74) is 1.62. The maximum atomic E-state index is 13.6. The highest BCUT2D eigenvalue weighted by Gasteiger charge is 2.33. The zero-order valence-corrected chi connectivity index (χ0v) is 27.7. The SMILES string of the molecule is COc1ccc(S(=O)(=O)N(C)C[C@@H]2Oc3ccc(NC(=O)Nc4cccc5ccccc45)cc3CC(=O)N([C@@H](C)CO)C[C@H]2C)cc1. The van der Waals surface area contributed by atoms with Crippen molar-refractivity contribution < 1.29 is 32.6 Å². The highest BCUT2D eigenvalue weighted by molar-refractivity contribution is 7.89. The van der Waals surface area contributed by atoms with Crippen LogP contribution in [0.4, 0.5) is 16.2 Å². The molecule has 0 aromatic heterocycles. The van der Waals surface area contributed by atoms with Gasteiger partial charge in [-0.3, -0.25) is 4.79 Å². The van der Waals surface area contributed by atoms with E-state index in [1.165, 1.54) is 30.6 Å². The van der Waals surface area contributed by atoms with Crippen molar-refractivity contribution in [2.45, 2.75) is 37.3 Å². The maximum absolute atomic E-state index is 13.6. The average Bonchev–Trinajstić information content (AvgIpc) is 3.11. The monoisotopic (exact) mass is 660 g/mol. The Morgan fingerprint density at radius 2 is 1.79 bits per heavy atom. The number of hydrogen-bond acceptors (Lipinski definition) is 7. The quantitative estimate of drug-likeness (QED) is 0.231.